The zero-order valence-corrected chi connectivity index (χ0v) is 13.3. The average molecular weight is 257 g/mol. The first-order chi connectivity index (χ1) is 8.44. The van der Waals surface area contributed by atoms with E-state index in [0.717, 1.165) is 32.1 Å². The number of hydrogen-bond donors (Lipinski definition) is 0. The monoisotopic (exact) mass is 257 g/mol. The van der Waals surface area contributed by atoms with Crippen LogP contribution >= 0.6 is 0 Å². The summed E-state index contributed by atoms with van der Waals surface area (Å²) in [5.74, 6) is 0.606. The molecule has 0 rings (SSSR count). The van der Waals surface area contributed by atoms with Crippen molar-refractivity contribution in [1.82, 2.24) is 0 Å². The number of rotatable bonds is 10. The van der Waals surface area contributed by atoms with E-state index in [1.165, 1.54) is 0 Å². The van der Waals surface area contributed by atoms with Gasteiger partial charge in [0.2, 0.25) is 0 Å². The summed E-state index contributed by atoms with van der Waals surface area (Å²) in [5, 5.41) is 12.1. The van der Waals surface area contributed by atoms with E-state index in [2.05, 4.69) is 34.6 Å². The Morgan fingerprint density at radius 2 is 1.67 bits per heavy atom. The zero-order chi connectivity index (χ0) is 14.2. The first-order valence-electron chi connectivity index (χ1n) is 7.71. The molecule has 0 aromatic rings. The molecule has 1 radical (unpaired) electrons. The van der Waals surface area contributed by atoms with E-state index in [9.17, 15) is 5.11 Å². The van der Waals surface area contributed by atoms with Gasteiger partial charge in [-0.3, -0.25) is 0 Å². The van der Waals surface area contributed by atoms with Crippen molar-refractivity contribution >= 4 is 0 Å². The Balaban J connectivity index is 4.26. The van der Waals surface area contributed by atoms with Crippen molar-refractivity contribution in [3.05, 3.63) is 0 Å². The van der Waals surface area contributed by atoms with Gasteiger partial charge in [0, 0.05) is 5.92 Å². The maximum absolute atomic E-state index is 12.1. The van der Waals surface area contributed by atoms with Crippen LogP contribution in [0.2, 0.25) is 0 Å². The van der Waals surface area contributed by atoms with Gasteiger partial charge in [-0.05, 0) is 24.2 Å². The van der Waals surface area contributed by atoms with Crippen LogP contribution in [0, 0.1) is 17.3 Å². The van der Waals surface area contributed by atoms with Crippen LogP contribution in [0.1, 0.15) is 73.6 Å². The number of ether oxygens (including phenoxy) is 1. The van der Waals surface area contributed by atoms with E-state index >= 15 is 0 Å². The Labute approximate surface area is 114 Å². The fraction of sp³-hybridized carbons (Fsp3) is 1.00. The first kappa shape index (κ1) is 17.9. The molecule has 2 nitrogen and oxygen atoms in total. The SMILES string of the molecule is CCCC(C)(CC)COC([O])C(C)C(CC)CC. The summed E-state index contributed by atoms with van der Waals surface area (Å²) < 4.78 is 5.64. The molecule has 3 unspecified atom stereocenters. The van der Waals surface area contributed by atoms with Crippen molar-refractivity contribution < 1.29 is 9.84 Å². The molecule has 2 heteroatoms. The van der Waals surface area contributed by atoms with Gasteiger partial charge in [0.15, 0.2) is 6.29 Å². The Bertz CT molecular complexity index is 201. The maximum atomic E-state index is 12.1. The third kappa shape index (κ3) is 5.71. The van der Waals surface area contributed by atoms with Crippen LogP contribution in [-0.4, -0.2) is 12.9 Å². The predicted molar refractivity (Wildman–Crippen MR) is 77.0 cm³/mol. The molecule has 109 valence electrons. The molecular weight excluding hydrogens is 224 g/mol. The van der Waals surface area contributed by atoms with E-state index < -0.39 is 6.29 Å². The second-order valence-electron chi connectivity index (χ2n) is 6.03. The summed E-state index contributed by atoms with van der Waals surface area (Å²) in [4.78, 5) is 0. The fourth-order valence-electron chi connectivity index (χ4n) is 2.64. The van der Waals surface area contributed by atoms with Crippen molar-refractivity contribution in [1.29, 1.82) is 0 Å². The van der Waals surface area contributed by atoms with E-state index in [1.807, 2.05) is 6.92 Å². The predicted octanol–water partition coefficient (Wildman–Crippen LogP) is 5.05. The summed E-state index contributed by atoms with van der Waals surface area (Å²) in [6.07, 6.45) is 4.64. The topological polar surface area (TPSA) is 29.1 Å². The highest BCUT2D eigenvalue weighted by atomic mass is 16.6. The Morgan fingerprint density at radius 3 is 2.06 bits per heavy atom. The van der Waals surface area contributed by atoms with Gasteiger partial charge in [0.1, 0.15) is 0 Å². The van der Waals surface area contributed by atoms with Gasteiger partial charge in [-0.1, -0.05) is 60.8 Å². The molecule has 0 aromatic carbocycles. The highest BCUT2D eigenvalue weighted by molar-refractivity contribution is 4.73. The van der Waals surface area contributed by atoms with Crippen LogP contribution in [0.5, 0.6) is 0 Å². The molecule has 0 saturated heterocycles. The lowest BCUT2D eigenvalue weighted by Gasteiger charge is -2.31. The summed E-state index contributed by atoms with van der Waals surface area (Å²) in [5.41, 5.74) is 0.172. The van der Waals surface area contributed by atoms with Crippen LogP contribution in [0.3, 0.4) is 0 Å². The van der Waals surface area contributed by atoms with E-state index in [1.54, 1.807) is 0 Å². The minimum atomic E-state index is -0.863. The second kappa shape index (κ2) is 8.92. The minimum Gasteiger partial charge on any atom is -0.349 e. The molecule has 0 aliphatic carbocycles. The summed E-state index contributed by atoms with van der Waals surface area (Å²) in [6.45, 7) is 13.6. The standard InChI is InChI=1S/C16H33O2/c1-7-11-16(6,10-4)12-18-15(17)13(5)14(8-2)9-3/h13-15H,7-12H2,1-6H3. The molecule has 0 amide bonds. The molecular formula is C16H33O2. The van der Waals surface area contributed by atoms with Gasteiger partial charge in [-0.25, -0.2) is 5.11 Å². The molecule has 0 fully saturated rings. The third-order valence-electron chi connectivity index (χ3n) is 4.52. The van der Waals surface area contributed by atoms with E-state index in [0.29, 0.717) is 12.5 Å². The molecule has 0 aliphatic heterocycles. The Morgan fingerprint density at radius 1 is 1.11 bits per heavy atom. The molecule has 18 heavy (non-hydrogen) atoms. The number of hydrogen-bond acceptors (Lipinski definition) is 1. The lowest BCUT2D eigenvalue weighted by Crippen LogP contribution is -2.31. The van der Waals surface area contributed by atoms with Crippen molar-refractivity contribution in [2.75, 3.05) is 6.61 Å². The normalized spacial score (nSPS) is 18.7. The average Bonchev–Trinajstić information content (AvgIpc) is 2.37. The first-order valence-corrected chi connectivity index (χ1v) is 7.71. The quantitative estimate of drug-likeness (QED) is 0.504. The lowest BCUT2D eigenvalue weighted by atomic mass is 9.83. The third-order valence-corrected chi connectivity index (χ3v) is 4.52. The minimum absolute atomic E-state index is 0.114. The smallest absolute Gasteiger partial charge is 0.194 e. The zero-order valence-electron chi connectivity index (χ0n) is 13.3. The van der Waals surface area contributed by atoms with Gasteiger partial charge >= 0.3 is 0 Å². The van der Waals surface area contributed by atoms with Crippen LogP contribution in [-0.2, 0) is 9.84 Å². The molecule has 0 saturated carbocycles. The van der Waals surface area contributed by atoms with Crippen molar-refractivity contribution in [2.24, 2.45) is 17.3 Å². The second-order valence-corrected chi connectivity index (χ2v) is 6.03. The lowest BCUT2D eigenvalue weighted by molar-refractivity contribution is -0.195. The maximum Gasteiger partial charge on any atom is 0.194 e. The molecule has 0 heterocycles. The molecule has 0 bridgehead atoms. The van der Waals surface area contributed by atoms with Crippen LogP contribution < -0.4 is 0 Å². The van der Waals surface area contributed by atoms with Crippen LogP contribution in [0.15, 0.2) is 0 Å². The van der Waals surface area contributed by atoms with Crippen LogP contribution in [0.25, 0.3) is 0 Å². The van der Waals surface area contributed by atoms with Crippen molar-refractivity contribution in [3.8, 4) is 0 Å². The Hall–Kier alpha value is -0.0800. The van der Waals surface area contributed by atoms with Gasteiger partial charge in [0.05, 0.1) is 6.61 Å². The van der Waals surface area contributed by atoms with Crippen LogP contribution in [0.4, 0.5) is 0 Å². The van der Waals surface area contributed by atoms with Gasteiger partial charge < -0.3 is 4.74 Å². The Kier molecular flexibility index (Phi) is 8.89. The largest absolute Gasteiger partial charge is 0.349 e. The van der Waals surface area contributed by atoms with Gasteiger partial charge in [0.25, 0.3) is 0 Å². The molecule has 0 N–H and O–H groups in total. The summed E-state index contributed by atoms with van der Waals surface area (Å²) in [6, 6.07) is 0. The van der Waals surface area contributed by atoms with Crippen molar-refractivity contribution in [3.63, 3.8) is 0 Å². The van der Waals surface area contributed by atoms with Crippen molar-refractivity contribution in [2.45, 2.75) is 79.9 Å². The van der Waals surface area contributed by atoms with Gasteiger partial charge in [-0.15, -0.1) is 0 Å². The van der Waals surface area contributed by atoms with E-state index in [4.69, 9.17) is 4.74 Å². The molecule has 3 atom stereocenters. The van der Waals surface area contributed by atoms with E-state index in [-0.39, 0.29) is 11.3 Å². The highest BCUT2D eigenvalue weighted by Crippen LogP contribution is 2.30. The fourth-order valence-corrected chi connectivity index (χ4v) is 2.64. The summed E-state index contributed by atoms with van der Waals surface area (Å²) in [7, 11) is 0. The highest BCUT2D eigenvalue weighted by Gasteiger charge is 2.28. The summed E-state index contributed by atoms with van der Waals surface area (Å²) >= 11 is 0. The molecule has 0 spiro atoms. The molecule has 0 aliphatic rings. The van der Waals surface area contributed by atoms with Gasteiger partial charge in [-0.2, -0.15) is 0 Å². The molecule has 0 aromatic heterocycles.